The summed E-state index contributed by atoms with van der Waals surface area (Å²) in [4.78, 5) is 27.2. The molecule has 0 spiro atoms. The second-order valence-electron chi connectivity index (χ2n) is 5.06. The number of carbonyl (C=O) groups is 1. The molecule has 0 N–H and O–H groups in total. The molecule has 0 aliphatic carbocycles. The zero-order valence-corrected chi connectivity index (χ0v) is 13.3. The molecule has 7 heteroatoms. The average Bonchev–Trinajstić information content (AvgIpc) is 3.08. The van der Waals surface area contributed by atoms with Crippen LogP contribution in [0.5, 0.6) is 0 Å². The van der Waals surface area contributed by atoms with Crippen molar-refractivity contribution in [1.29, 1.82) is 0 Å². The van der Waals surface area contributed by atoms with Crippen LogP contribution in [0.1, 0.15) is 17.4 Å². The highest BCUT2D eigenvalue weighted by molar-refractivity contribution is 5.95. The van der Waals surface area contributed by atoms with Gasteiger partial charge in [-0.05, 0) is 25.1 Å². The first-order valence-corrected chi connectivity index (χ1v) is 7.59. The van der Waals surface area contributed by atoms with E-state index in [2.05, 4.69) is 4.98 Å². The third kappa shape index (κ3) is 3.25. The first-order valence-electron chi connectivity index (χ1n) is 7.59. The molecule has 0 fully saturated rings. The third-order valence-corrected chi connectivity index (χ3v) is 3.46. The molecule has 2 aromatic carbocycles. The molecule has 0 bridgehead atoms. The topological polar surface area (TPSA) is 95.5 Å². The Morgan fingerprint density at radius 3 is 2.52 bits per heavy atom. The van der Waals surface area contributed by atoms with Crippen LogP contribution in [0.4, 0.5) is 5.69 Å². The summed E-state index contributed by atoms with van der Waals surface area (Å²) in [6.07, 6.45) is 0. The smallest absolute Gasteiger partial charge is 0.361 e. The Balaban J connectivity index is 2.20. The minimum absolute atomic E-state index is 0.0182. The lowest BCUT2D eigenvalue weighted by molar-refractivity contribution is -0.384. The fraction of sp³-hybridized carbons (Fsp3) is 0.111. The number of hydrogen-bond acceptors (Lipinski definition) is 6. The summed E-state index contributed by atoms with van der Waals surface area (Å²) in [6, 6.07) is 15.0. The van der Waals surface area contributed by atoms with E-state index in [1.54, 1.807) is 43.3 Å². The number of carbonyl (C=O) groups excluding carboxylic acids is 1. The van der Waals surface area contributed by atoms with Gasteiger partial charge in [-0.25, -0.2) is 9.78 Å². The number of nitro groups is 1. The van der Waals surface area contributed by atoms with Crippen LogP contribution >= 0.6 is 0 Å². The second-order valence-corrected chi connectivity index (χ2v) is 5.06. The van der Waals surface area contributed by atoms with Gasteiger partial charge in [0.2, 0.25) is 5.89 Å². The molecular formula is C18H14N2O5. The van der Waals surface area contributed by atoms with Crippen LogP contribution < -0.4 is 0 Å². The van der Waals surface area contributed by atoms with E-state index < -0.39 is 10.9 Å². The summed E-state index contributed by atoms with van der Waals surface area (Å²) in [5.41, 5.74) is 0.557. The summed E-state index contributed by atoms with van der Waals surface area (Å²) in [5.74, 6) is -0.483. The zero-order valence-electron chi connectivity index (χ0n) is 13.3. The van der Waals surface area contributed by atoms with Crippen molar-refractivity contribution in [3.63, 3.8) is 0 Å². The van der Waals surface area contributed by atoms with E-state index in [-0.39, 0.29) is 35.2 Å². The van der Waals surface area contributed by atoms with Crippen molar-refractivity contribution in [2.24, 2.45) is 0 Å². The Labute approximate surface area is 143 Å². The Hall–Kier alpha value is -3.48. The zero-order chi connectivity index (χ0) is 17.8. The molecule has 0 radical (unpaired) electrons. The van der Waals surface area contributed by atoms with Gasteiger partial charge in [0, 0.05) is 11.6 Å². The number of rotatable bonds is 5. The van der Waals surface area contributed by atoms with Gasteiger partial charge in [0.25, 0.3) is 5.69 Å². The van der Waals surface area contributed by atoms with Crippen molar-refractivity contribution in [2.45, 2.75) is 6.92 Å². The van der Waals surface area contributed by atoms with Gasteiger partial charge in [-0.3, -0.25) is 10.1 Å². The second kappa shape index (κ2) is 6.96. The van der Waals surface area contributed by atoms with Crippen molar-refractivity contribution in [2.75, 3.05) is 6.61 Å². The molecule has 1 heterocycles. The number of ether oxygens (including phenoxy) is 1. The van der Waals surface area contributed by atoms with Crippen LogP contribution in [-0.2, 0) is 4.74 Å². The van der Waals surface area contributed by atoms with Crippen LogP contribution in [0, 0.1) is 10.1 Å². The van der Waals surface area contributed by atoms with Crippen molar-refractivity contribution >= 4 is 11.7 Å². The first kappa shape index (κ1) is 16.4. The van der Waals surface area contributed by atoms with Gasteiger partial charge in [0.1, 0.15) is 0 Å². The lowest BCUT2D eigenvalue weighted by atomic mass is 10.1. The van der Waals surface area contributed by atoms with Gasteiger partial charge in [-0.1, -0.05) is 30.3 Å². The highest BCUT2D eigenvalue weighted by Gasteiger charge is 2.27. The minimum Gasteiger partial charge on any atom is -0.461 e. The number of benzene rings is 2. The quantitative estimate of drug-likeness (QED) is 0.395. The van der Waals surface area contributed by atoms with Crippen molar-refractivity contribution in [3.8, 4) is 22.8 Å². The minimum atomic E-state index is -0.693. The third-order valence-electron chi connectivity index (χ3n) is 3.46. The molecule has 0 unspecified atom stereocenters. The Morgan fingerprint density at radius 2 is 1.84 bits per heavy atom. The average molecular weight is 338 g/mol. The number of nitro benzene ring substituents is 1. The molecule has 0 aliphatic rings. The van der Waals surface area contributed by atoms with Gasteiger partial charge >= 0.3 is 5.97 Å². The van der Waals surface area contributed by atoms with Gasteiger partial charge in [0.15, 0.2) is 11.5 Å². The Morgan fingerprint density at radius 1 is 1.16 bits per heavy atom. The molecule has 126 valence electrons. The number of para-hydroxylation sites is 1. The largest absolute Gasteiger partial charge is 0.461 e. The highest BCUT2D eigenvalue weighted by Crippen LogP contribution is 2.35. The van der Waals surface area contributed by atoms with E-state index >= 15 is 0 Å². The van der Waals surface area contributed by atoms with E-state index in [0.717, 1.165) is 0 Å². The maximum atomic E-state index is 12.3. The number of hydrogen-bond donors (Lipinski definition) is 0. The number of nitrogens with zero attached hydrogens (tertiary/aromatic N) is 2. The summed E-state index contributed by atoms with van der Waals surface area (Å²) in [7, 11) is 0. The van der Waals surface area contributed by atoms with Crippen LogP contribution in [0.2, 0.25) is 0 Å². The molecule has 1 aromatic heterocycles. The van der Waals surface area contributed by atoms with Gasteiger partial charge in [-0.15, -0.1) is 0 Å². The molecule has 0 saturated carbocycles. The molecule has 3 rings (SSSR count). The normalized spacial score (nSPS) is 10.4. The Bertz CT molecular complexity index is 918. The van der Waals surface area contributed by atoms with E-state index in [1.165, 1.54) is 12.1 Å². The van der Waals surface area contributed by atoms with Crippen LogP contribution in [0.3, 0.4) is 0 Å². The fourth-order valence-electron chi connectivity index (χ4n) is 2.37. The number of oxazole rings is 1. The summed E-state index contributed by atoms with van der Waals surface area (Å²) in [5, 5.41) is 11.3. The molecule has 0 atom stereocenters. The fourth-order valence-corrected chi connectivity index (χ4v) is 2.37. The molecule has 0 amide bonds. The van der Waals surface area contributed by atoms with Crippen LogP contribution in [0.15, 0.2) is 59.0 Å². The maximum Gasteiger partial charge on any atom is 0.361 e. The van der Waals surface area contributed by atoms with Gasteiger partial charge in [-0.2, -0.15) is 0 Å². The lowest BCUT2D eigenvalue weighted by Gasteiger charge is -2.02. The molecule has 0 aliphatic heterocycles. The van der Waals surface area contributed by atoms with Crippen molar-refractivity contribution in [3.05, 3.63) is 70.4 Å². The van der Waals surface area contributed by atoms with Crippen molar-refractivity contribution < 1.29 is 18.9 Å². The maximum absolute atomic E-state index is 12.3. The van der Waals surface area contributed by atoms with Crippen LogP contribution in [0.25, 0.3) is 22.8 Å². The van der Waals surface area contributed by atoms with Gasteiger partial charge in [0.05, 0.1) is 17.1 Å². The molecule has 3 aromatic rings. The summed E-state index contributed by atoms with van der Waals surface area (Å²) < 4.78 is 10.7. The van der Waals surface area contributed by atoms with Crippen molar-refractivity contribution in [1.82, 2.24) is 4.98 Å². The predicted molar refractivity (Wildman–Crippen MR) is 90.0 cm³/mol. The predicted octanol–water partition coefficient (Wildman–Crippen LogP) is 4.09. The van der Waals surface area contributed by atoms with E-state index in [4.69, 9.17) is 9.15 Å². The summed E-state index contributed by atoms with van der Waals surface area (Å²) in [6.45, 7) is 1.82. The lowest BCUT2D eigenvalue weighted by Crippen LogP contribution is -2.07. The Kier molecular flexibility index (Phi) is 4.56. The van der Waals surface area contributed by atoms with Crippen LogP contribution in [-0.4, -0.2) is 22.5 Å². The van der Waals surface area contributed by atoms with E-state index in [9.17, 15) is 14.9 Å². The van der Waals surface area contributed by atoms with E-state index in [0.29, 0.717) is 5.56 Å². The monoisotopic (exact) mass is 338 g/mol. The molecule has 0 saturated heterocycles. The standard InChI is InChI=1S/C18H14N2O5/c1-2-24-18(21)15-16(13-10-6-7-11-14(13)20(22)23)25-17(19-15)12-8-4-3-5-9-12/h3-11H,2H2,1H3. The van der Waals surface area contributed by atoms with E-state index in [1.807, 2.05) is 6.07 Å². The first-order chi connectivity index (χ1) is 12.1. The summed E-state index contributed by atoms with van der Waals surface area (Å²) >= 11 is 0. The number of esters is 1. The SMILES string of the molecule is CCOC(=O)c1nc(-c2ccccc2)oc1-c1ccccc1[N+](=O)[O-]. The highest BCUT2D eigenvalue weighted by atomic mass is 16.6. The molecule has 25 heavy (non-hydrogen) atoms. The molecule has 7 nitrogen and oxygen atoms in total. The molecular weight excluding hydrogens is 324 g/mol. The number of aromatic nitrogens is 1. The van der Waals surface area contributed by atoms with Gasteiger partial charge < -0.3 is 9.15 Å².